The van der Waals surface area contributed by atoms with Crippen LogP contribution in [0.1, 0.15) is 33.2 Å². The molecule has 0 saturated carbocycles. The van der Waals surface area contributed by atoms with Crippen molar-refractivity contribution in [3.8, 4) is 11.5 Å². The van der Waals surface area contributed by atoms with Crippen LogP contribution in [0.25, 0.3) is 6.08 Å². The predicted octanol–water partition coefficient (Wildman–Crippen LogP) is 2.76. The molecule has 0 bridgehead atoms. The van der Waals surface area contributed by atoms with E-state index in [1.54, 1.807) is 13.0 Å². The average Bonchev–Trinajstić information content (AvgIpc) is 2.63. The molecule has 27 heavy (non-hydrogen) atoms. The van der Waals surface area contributed by atoms with Crippen LogP contribution in [0.3, 0.4) is 0 Å². The Balaban J connectivity index is 0.000000271. The molecule has 0 radical (unpaired) electrons. The number of hydrogen-bond donors (Lipinski definition) is 4. The molecule has 0 aliphatic carbocycles. The summed E-state index contributed by atoms with van der Waals surface area (Å²) in [6.45, 7) is 2.20. The second-order valence-electron chi connectivity index (χ2n) is 4.99. The van der Waals surface area contributed by atoms with Crippen molar-refractivity contribution in [2.24, 2.45) is 0 Å². The lowest BCUT2D eigenvalue weighted by Gasteiger charge is -2.03. The van der Waals surface area contributed by atoms with E-state index in [0.717, 1.165) is 5.56 Å². The molecule has 0 spiro atoms. The van der Waals surface area contributed by atoms with E-state index in [2.05, 4.69) is 0 Å². The van der Waals surface area contributed by atoms with E-state index in [-0.39, 0.29) is 5.97 Å². The van der Waals surface area contributed by atoms with Gasteiger partial charge in [0.25, 0.3) is 0 Å². The lowest BCUT2D eigenvalue weighted by atomic mass is 10.1. The SMILES string of the molecule is CCOC(=O)C=Cc1ccccc1.O=C(O)c1cc(O)c(C(=O)O)cc1O. The number of esters is 1. The van der Waals surface area contributed by atoms with Crippen molar-refractivity contribution in [2.75, 3.05) is 6.61 Å². The predicted molar refractivity (Wildman–Crippen MR) is 95.8 cm³/mol. The fraction of sp³-hybridized carbons (Fsp3) is 0.105. The molecule has 2 aromatic rings. The Hall–Kier alpha value is -3.81. The van der Waals surface area contributed by atoms with Crippen molar-refractivity contribution < 1.29 is 39.5 Å². The standard InChI is InChI=1S/C11H12O2.C8H6O6/c1-2-13-11(12)9-8-10-6-4-3-5-7-10;9-5-1-3(7(11)12)6(10)2-4(5)8(13)14/h3-9H,2H2,1H3;1-2,9-10H,(H,11,12)(H,13,14). The molecule has 8 nitrogen and oxygen atoms in total. The normalized spacial score (nSPS) is 9.96. The van der Waals surface area contributed by atoms with Crippen LogP contribution in [-0.2, 0) is 9.53 Å². The minimum absolute atomic E-state index is 0.300. The van der Waals surface area contributed by atoms with Crippen molar-refractivity contribution in [1.82, 2.24) is 0 Å². The largest absolute Gasteiger partial charge is 0.507 e. The van der Waals surface area contributed by atoms with Crippen molar-refractivity contribution in [2.45, 2.75) is 6.92 Å². The third kappa shape index (κ3) is 6.91. The summed E-state index contributed by atoms with van der Waals surface area (Å²) in [4.78, 5) is 31.8. The molecule has 4 N–H and O–H groups in total. The Kier molecular flexibility index (Phi) is 8.05. The molecule has 2 rings (SSSR count). The summed E-state index contributed by atoms with van der Waals surface area (Å²) in [5, 5.41) is 35.2. The van der Waals surface area contributed by atoms with E-state index in [0.29, 0.717) is 18.7 Å². The summed E-state index contributed by atoms with van der Waals surface area (Å²) in [5.74, 6) is -4.60. The molecular formula is C19H18O8. The Bertz CT molecular complexity index is 801. The maximum atomic E-state index is 10.9. The van der Waals surface area contributed by atoms with Gasteiger partial charge in [-0.1, -0.05) is 30.3 Å². The van der Waals surface area contributed by atoms with Crippen LogP contribution in [0.15, 0.2) is 48.5 Å². The van der Waals surface area contributed by atoms with Crippen LogP contribution in [0.2, 0.25) is 0 Å². The van der Waals surface area contributed by atoms with E-state index >= 15 is 0 Å². The summed E-state index contributed by atoms with van der Waals surface area (Å²) in [5.41, 5.74) is -0.101. The first-order chi connectivity index (χ1) is 12.8. The Labute approximate surface area is 154 Å². The van der Waals surface area contributed by atoms with Gasteiger partial charge in [0.15, 0.2) is 0 Å². The van der Waals surface area contributed by atoms with Crippen LogP contribution in [-0.4, -0.2) is 44.9 Å². The third-order valence-corrected chi connectivity index (χ3v) is 3.07. The average molecular weight is 374 g/mol. The Morgan fingerprint density at radius 2 is 1.41 bits per heavy atom. The molecule has 8 heteroatoms. The molecule has 0 atom stereocenters. The number of carboxylic acids is 2. The van der Waals surface area contributed by atoms with Crippen molar-refractivity contribution in [3.63, 3.8) is 0 Å². The third-order valence-electron chi connectivity index (χ3n) is 3.07. The van der Waals surface area contributed by atoms with Gasteiger partial charge < -0.3 is 25.2 Å². The van der Waals surface area contributed by atoms with Gasteiger partial charge in [-0.25, -0.2) is 14.4 Å². The molecule has 2 aromatic carbocycles. The van der Waals surface area contributed by atoms with Gasteiger partial charge in [0.1, 0.15) is 22.6 Å². The lowest BCUT2D eigenvalue weighted by Crippen LogP contribution is -2.01. The zero-order chi connectivity index (χ0) is 20.4. The Morgan fingerprint density at radius 1 is 0.926 bits per heavy atom. The number of phenols is 2. The van der Waals surface area contributed by atoms with Crippen LogP contribution < -0.4 is 0 Å². The maximum Gasteiger partial charge on any atom is 0.339 e. The summed E-state index contributed by atoms with van der Waals surface area (Å²) in [6.07, 6.45) is 3.16. The molecular weight excluding hydrogens is 356 g/mol. The summed E-state index contributed by atoms with van der Waals surface area (Å²) in [7, 11) is 0. The van der Waals surface area contributed by atoms with Crippen LogP contribution in [0.5, 0.6) is 11.5 Å². The zero-order valence-electron chi connectivity index (χ0n) is 14.3. The van der Waals surface area contributed by atoms with Crippen LogP contribution in [0, 0.1) is 0 Å². The molecule has 142 valence electrons. The van der Waals surface area contributed by atoms with Gasteiger partial charge in [0, 0.05) is 6.08 Å². The van der Waals surface area contributed by atoms with E-state index in [4.69, 9.17) is 25.2 Å². The highest BCUT2D eigenvalue weighted by Gasteiger charge is 2.17. The maximum absolute atomic E-state index is 10.9. The number of aromatic hydroxyl groups is 2. The quantitative estimate of drug-likeness (QED) is 0.356. The second kappa shape index (κ2) is 10.2. The summed E-state index contributed by atoms with van der Waals surface area (Å²) >= 11 is 0. The summed E-state index contributed by atoms with van der Waals surface area (Å²) < 4.78 is 4.74. The first-order valence-corrected chi connectivity index (χ1v) is 7.68. The van der Waals surface area contributed by atoms with Crippen molar-refractivity contribution in [3.05, 3.63) is 65.2 Å². The minimum Gasteiger partial charge on any atom is -0.507 e. The van der Waals surface area contributed by atoms with Gasteiger partial charge in [-0.05, 0) is 30.7 Å². The molecule has 0 saturated heterocycles. The number of ether oxygens (including phenoxy) is 1. The van der Waals surface area contributed by atoms with Gasteiger partial charge in [-0.3, -0.25) is 0 Å². The Morgan fingerprint density at radius 3 is 1.81 bits per heavy atom. The molecule has 0 fully saturated rings. The smallest absolute Gasteiger partial charge is 0.339 e. The van der Waals surface area contributed by atoms with E-state index in [1.165, 1.54) is 6.08 Å². The number of benzene rings is 2. The first-order valence-electron chi connectivity index (χ1n) is 7.68. The summed E-state index contributed by atoms with van der Waals surface area (Å²) in [6, 6.07) is 11.0. The highest BCUT2D eigenvalue weighted by molar-refractivity contribution is 5.96. The van der Waals surface area contributed by atoms with E-state index in [9.17, 15) is 14.4 Å². The number of carbonyl (C=O) groups is 3. The van der Waals surface area contributed by atoms with Crippen molar-refractivity contribution in [1.29, 1.82) is 0 Å². The topological polar surface area (TPSA) is 141 Å². The number of carbonyl (C=O) groups excluding carboxylic acids is 1. The fourth-order valence-corrected chi connectivity index (χ4v) is 1.84. The number of hydrogen-bond acceptors (Lipinski definition) is 6. The molecule has 0 unspecified atom stereocenters. The fourth-order valence-electron chi connectivity index (χ4n) is 1.84. The minimum atomic E-state index is -1.45. The van der Waals surface area contributed by atoms with E-state index < -0.39 is 34.6 Å². The molecule has 0 heterocycles. The molecule has 0 aromatic heterocycles. The molecule has 0 aliphatic rings. The van der Waals surface area contributed by atoms with Gasteiger partial charge in [-0.15, -0.1) is 0 Å². The highest BCUT2D eigenvalue weighted by atomic mass is 16.5. The number of rotatable bonds is 5. The monoisotopic (exact) mass is 374 g/mol. The number of carboxylic acid groups (broad SMARTS) is 2. The number of aromatic carboxylic acids is 2. The van der Waals surface area contributed by atoms with Gasteiger partial charge in [0.2, 0.25) is 0 Å². The van der Waals surface area contributed by atoms with Crippen LogP contribution in [0.4, 0.5) is 0 Å². The van der Waals surface area contributed by atoms with Gasteiger partial charge in [-0.2, -0.15) is 0 Å². The molecule has 0 amide bonds. The van der Waals surface area contributed by atoms with Crippen molar-refractivity contribution >= 4 is 24.0 Å². The molecule has 0 aliphatic heterocycles. The van der Waals surface area contributed by atoms with Gasteiger partial charge >= 0.3 is 17.9 Å². The second-order valence-corrected chi connectivity index (χ2v) is 4.99. The van der Waals surface area contributed by atoms with E-state index in [1.807, 2.05) is 30.3 Å². The first kappa shape index (κ1) is 21.2. The lowest BCUT2D eigenvalue weighted by molar-refractivity contribution is -0.137. The highest BCUT2D eigenvalue weighted by Crippen LogP contribution is 2.27. The zero-order valence-corrected chi connectivity index (χ0v) is 14.3. The van der Waals surface area contributed by atoms with Gasteiger partial charge in [0.05, 0.1) is 6.61 Å². The van der Waals surface area contributed by atoms with Crippen LogP contribution >= 0.6 is 0 Å².